The van der Waals surface area contributed by atoms with Gasteiger partial charge in [0.2, 0.25) is 5.95 Å². The molecular formula is C29H39F2N7O2. The second-order valence-corrected chi connectivity index (χ2v) is 11.2. The standard InChI is InChI=1S/C29H39F2N7O2/c1-36(22-10-14-39-15-11-22)21-8-6-20(7-9-21)19-32-29-34-25(37-12-16-40-17-13-37)18-26(35-29)38-24-5-3-2-4-23(24)33-28(38)27(30)31/h2-5,18,20-22,27H,6-17,19H2,1H3,(H,32,34,35)/t20-,21-. The molecule has 6 rings (SSSR count). The van der Waals surface area contributed by atoms with Crippen molar-refractivity contribution in [1.82, 2.24) is 24.4 Å². The van der Waals surface area contributed by atoms with Gasteiger partial charge in [0.15, 0.2) is 5.82 Å². The lowest BCUT2D eigenvalue weighted by atomic mass is 9.84. The quantitative estimate of drug-likeness (QED) is 0.430. The molecule has 0 spiro atoms. The Balaban J connectivity index is 1.20. The molecule has 3 fully saturated rings. The molecule has 1 aromatic carbocycles. The van der Waals surface area contributed by atoms with Gasteiger partial charge in [-0.2, -0.15) is 9.97 Å². The molecule has 3 aliphatic rings. The van der Waals surface area contributed by atoms with Crippen LogP contribution >= 0.6 is 0 Å². The molecule has 0 bridgehead atoms. The Morgan fingerprint density at radius 2 is 1.57 bits per heavy atom. The maximum atomic E-state index is 14.1. The lowest BCUT2D eigenvalue weighted by Crippen LogP contribution is -2.45. The Morgan fingerprint density at radius 1 is 0.900 bits per heavy atom. The number of anilines is 2. The van der Waals surface area contributed by atoms with Gasteiger partial charge in [0.05, 0.1) is 24.2 Å². The molecule has 40 heavy (non-hydrogen) atoms. The summed E-state index contributed by atoms with van der Waals surface area (Å²) in [5, 5.41) is 3.47. The normalized spacial score (nSPS) is 22.9. The van der Waals surface area contributed by atoms with Gasteiger partial charge in [0, 0.05) is 51.0 Å². The average molecular weight is 556 g/mol. The van der Waals surface area contributed by atoms with E-state index in [0.717, 1.165) is 45.4 Å². The van der Waals surface area contributed by atoms with E-state index in [4.69, 9.17) is 19.4 Å². The van der Waals surface area contributed by atoms with Gasteiger partial charge in [-0.05, 0) is 63.6 Å². The number of imidazole rings is 1. The van der Waals surface area contributed by atoms with Gasteiger partial charge < -0.3 is 24.6 Å². The maximum Gasteiger partial charge on any atom is 0.296 e. The Bertz CT molecular complexity index is 1270. The molecule has 216 valence electrons. The molecule has 0 unspecified atom stereocenters. The SMILES string of the molecule is CN(C1CCOCC1)[C@H]1CC[C@H](CNc2nc(N3CCOCC3)cc(-n3c(C(F)F)nc4ccccc43)n2)CC1. The number of morpholine rings is 1. The summed E-state index contributed by atoms with van der Waals surface area (Å²) in [7, 11) is 2.28. The lowest BCUT2D eigenvalue weighted by molar-refractivity contribution is 0.0193. The number of hydrogen-bond donors (Lipinski definition) is 1. The van der Waals surface area contributed by atoms with Crippen molar-refractivity contribution in [2.45, 2.75) is 57.0 Å². The molecule has 2 aliphatic heterocycles. The van der Waals surface area contributed by atoms with E-state index in [1.165, 1.54) is 17.4 Å². The highest BCUT2D eigenvalue weighted by molar-refractivity contribution is 5.78. The fourth-order valence-corrected chi connectivity index (χ4v) is 6.38. The number of rotatable bonds is 8. The average Bonchev–Trinajstić information content (AvgIpc) is 3.41. The first-order chi connectivity index (χ1) is 19.6. The highest BCUT2D eigenvalue weighted by Gasteiger charge is 2.29. The van der Waals surface area contributed by atoms with Crippen LogP contribution in [0.4, 0.5) is 20.5 Å². The molecule has 0 radical (unpaired) electrons. The van der Waals surface area contributed by atoms with E-state index in [1.54, 1.807) is 24.3 Å². The van der Waals surface area contributed by atoms with Crippen LogP contribution in [0.2, 0.25) is 0 Å². The van der Waals surface area contributed by atoms with E-state index < -0.39 is 6.43 Å². The summed E-state index contributed by atoms with van der Waals surface area (Å²) in [6.07, 6.45) is 4.15. The first-order valence-corrected chi connectivity index (χ1v) is 14.6. The molecule has 11 heteroatoms. The minimum absolute atomic E-state index is 0.314. The van der Waals surface area contributed by atoms with Gasteiger partial charge in [0.1, 0.15) is 11.6 Å². The zero-order valence-electron chi connectivity index (χ0n) is 23.1. The molecular weight excluding hydrogens is 516 g/mol. The van der Waals surface area contributed by atoms with Crippen molar-refractivity contribution >= 4 is 22.8 Å². The number of halogens is 2. The van der Waals surface area contributed by atoms with E-state index in [-0.39, 0.29) is 5.82 Å². The predicted octanol–water partition coefficient (Wildman–Crippen LogP) is 4.67. The van der Waals surface area contributed by atoms with Crippen LogP contribution in [0.5, 0.6) is 0 Å². The number of fused-ring (bicyclic) bond motifs is 1. The van der Waals surface area contributed by atoms with Crippen LogP contribution in [0.25, 0.3) is 16.9 Å². The number of benzene rings is 1. The minimum atomic E-state index is -2.74. The van der Waals surface area contributed by atoms with Crippen molar-refractivity contribution in [3.8, 4) is 5.82 Å². The summed E-state index contributed by atoms with van der Waals surface area (Å²) in [6, 6.07) is 10.2. The largest absolute Gasteiger partial charge is 0.381 e. The first-order valence-electron chi connectivity index (χ1n) is 14.6. The van der Waals surface area contributed by atoms with Crippen LogP contribution in [-0.2, 0) is 9.47 Å². The Labute approximate surface area is 233 Å². The van der Waals surface area contributed by atoms with E-state index in [2.05, 4.69) is 27.1 Å². The topological polar surface area (TPSA) is 80.6 Å². The third-order valence-corrected chi connectivity index (χ3v) is 8.75. The molecule has 1 aliphatic carbocycles. The van der Waals surface area contributed by atoms with Crippen LogP contribution < -0.4 is 10.2 Å². The van der Waals surface area contributed by atoms with E-state index in [0.29, 0.717) is 72.9 Å². The lowest BCUT2D eigenvalue weighted by Gasteiger charge is -2.40. The van der Waals surface area contributed by atoms with Crippen molar-refractivity contribution in [3.05, 3.63) is 36.2 Å². The van der Waals surface area contributed by atoms with Crippen molar-refractivity contribution in [2.24, 2.45) is 5.92 Å². The van der Waals surface area contributed by atoms with Gasteiger partial charge in [0.25, 0.3) is 6.43 Å². The Hall–Kier alpha value is -2.89. The number of nitrogens with one attached hydrogen (secondary N) is 1. The monoisotopic (exact) mass is 555 g/mol. The third kappa shape index (κ3) is 5.91. The first kappa shape index (κ1) is 27.3. The van der Waals surface area contributed by atoms with E-state index in [1.807, 2.05) is 6.07 Å². The van der Waals surface area contributed by atoms with Crippen molar-refractivity contribution in [1.29, 1.82) is 0 Å². The van der Waals surface area contributed by atoms with Crippen LogP contribution in [0.1, 0.15) is 50.8 Å². The number of aromatic nitrogens is 4. The van der Waals surface area contributed by atoms with Gasteiger partial charge >= 0.3 is 0 Å². The Kier molecular flexibility index (Phi) is 8.40. The summed E-state index contributed by atoms with van der Waals surface area (Å²) >= 11 is 0. The van der Waals surface area contributed by atoms with Crippen molar-refractivity contribution in [2.75, 3.05) is 63.3 Å². The van der Waals surface area contributed by atoms with Crippen molar-refractivity contribution < 1.29 is 18.3 Å². The zero-order valence-corrected chi connectivity index (χ0v) is 23.1. The molecule has 2 saturated heterocycles. The zero-order chi connectivity index (χ0) is 27.5. The number of alkyl halides is 2. The molecule has 2 aromatic heterocycles. The molecule has 0 atom stereocenters. The summed E-state index contributed by atoms with van der Waals surface area (Å²) in [6.45, 7) is 5.07. The fourth-order valence-electron chi connectivity index (χ4n) is 6.38. The summed E-state index contributed by atoms with van der Waals surface area (Å²) in [5.74, 6) is 1.76. The highest BCUT2D eigenvalue weighted by atomic mass is 19.3. The predicted molar refractivity (Wildman–Crippen MR) is 150 cm³/mol. The second kappa shape index (κ2) is 12.3. The van der Waals surface area contributed by atoms with Gasteiger partial charge in [-0.25, -0.2) is 13.8 Å². The molecule has 4 heterocycles. The smallest absolute Gasteiger partial charge is 0.296 e. The number of nitrogens with zero attached hydrogens (tertiary/aromatic N) is 6. The van der Waals surface area contributed by atoms with Crippen LogP contribution in [0.15, 0.2) is 30.3 Å². The maximum absolute atomic E-state index is 14.1. The van der Waals surface area contributed by atoms with Gasteiger partial charge in [-0.15, -0.1) is 0 Å². The molecule has 0 amide bonds. The van der Waals surface area contributed by atoms with Crippen LogP contribution in [-0.4, -0.2) is 89.6 Å². The highest BCUT2D eigenvalue weighted by Crippen LogP contribution is 2.31. The fraction of sp³-hybridized carbons (Fsp3) is 0.621. The number of hydrogen-bond acceptors (Lipinski definition) is 8. The van der Waals surface area contributed by atoms with Crippen LogP contribution in [0.3, 0.4) is 0 Å². The summed E-state index contributed by atoms with van der Waals surface area (Å²) < 4.78 is 40.8. The van der Waals surface area contributed by atoms with Crippen LogP contribution in [0, 0.1) is 5.92 Å². The van der Waals surface area contributed by atoms with Gasteiger partial charge in [-0.1, -0.05) is 12.1 Å². The molecule has 1 N–H and O–H groups in total. The minimum Gasteiger partial charge on any atom is -0.381 e. The summed E-state index contributed by atoms with van der Waals surface area (Å²) in [5.41, 5.74) is 1.11. The van der Waals surface area contributed by atoms with E-state index in [9.17, 15) is 8.78 Å². The third-order valence-electron chi connectivity index (χ3n) is 8.75. The van der Waals surface area contributed by atoms with Gasteiger partial charge in [-0.3, -0.25) is 4.57 Å². The second-order valence-electron chi connectivity index (χ2n) is 11.2. The molecule has 1 saturated carbocycles. The molecule has 3 aromatic rings. The Morgan fingerprint density at radius 3 is 2.33 bits per heavy atom. The number of para-hydroxylation sites is 2. The van der Waals surface area contributed by atoms with E-state index >= 15 is 0 Å². The van der Waals surface area contributed by atoms with Crippen molar-refractivity contribution in [3.63, 3.8) is 0 Å². The summed E-state index contributed by atoms with van der Waals surface area (Å²) in [4.78, 5) is 18.5. The molecule has 9 nitrogen and oxygen atoms in total. The number of ether oxygens (including phenoxy) is 2.